The lowest BCUT2D eigenvalue weighted by atomic mass is 9.70. The van der Waals surface area contributed by atoms with E-state index in [4.69, 9.17) is 5.11 Å². The van der Waals surface area contributed by atoms with Crippen LogP contribution in [0.2, 0.25) is 0 Å². The van der Waals surface area contributed by atoms with Crippen LogP contribution in [0.3, 0.4) is 0 Å². The monoisotopic (exact) mass is 198 g/mol. The standard InChI is InChI=1S/C11H18O3/c1-10(2)6-4-5-11(10,3)8(12)7(6)9(13)14/h6-8,12H,4-5H2,1-3H3,(H,13,14)/t6-,7+,8+,11+/m0/s1. The third kappa shape index (κ3) is 0.842. The minimum absolute atomic E-state index is 0.0462. The van der Waals surface area contributed by atoms with Crippen LogP contribution in [0, 0.1) is 22.7 Å². The molecule has 0 unspecified atom stereocenters. The Morgan fingerprint density at radius 3 is 2.21 bits per heavy atom. The summed E-state index contributed by atoms with van der Waals surface area (Å²) in [5, 5.41) is 19.2. The van der Waals surface area contributed by atoms with Gasteiger partial charge in [-0.3, -0.25) is 4.79 Å². The van der Waals surface area contributed by atoms with Crippen LogP contribution < -0.4 is 0 Å². The lowest BCUT2D eigenvalue weighted by Gasteiger charge is -2.36. The number of carboxylic acid groups (broad SMARTS) is 1. The smallest absolute Gasteiger partial charge is 0.309 e. The second kappa shape index (κ2) is 2.51. The van der Waals surface area contributed by atoms with Gasteiger partial charge in [-0.25, -0.2) is 0 Å². The van der Waals surface area contributed by atoms with Crippen LogP contribution in [0.15, 0.2) is 0 Å². The Morgan fingerprint density at radius 1 is 1.36 bits per heavy atom. The van der Waals surface area contributed by atoms with Gasteiger partial charge in [0.15, 0.2) is 0 Å². The second-order valence-corrected chi connectivity index (χ2v) is 5.59. The third-order valence-corrected chi connectivity index (χ3v) is 5.09. The highest BCUT2D eigenvalue weighted by atomic mass is 16.4. The number of hydrogen-bond donors (Lipinski definition) is 2. The molecule has 80 valence electrons. The molecule has 0 heterocycles. The van der Waals surface area contributed by atoms with Crippen molar-refractivity contribution in [1.82, 2.24) is 0 Å². The molecule has 2 aliphatic rings. The molecule has 2 saturated carbocycles. The first-order valence-electron chi connectivity index (χ1n) is 5.23. The zero-order valence-electron chi connectivity index (χ0n) is 8.95. The molecule has 2 rings (SSSR count). The van der Waals surface area contributed by atoms with E-state index < -0.39 is 18.0 Å². The van der Waals surface area contributed by atoms with Crippen molar-refractivity contribution in [2.24, 2.45) is 22.7 Å². The number of carboxylic acids is 1. The van der Waals surface area contributed by atoms with Crippen molar-refractivity contribution >= 4 is 5.97 Å². The first kappa shape index (κ1) is 9.97. The third-order valence-electron chi connectivity index (χ3n) is 5.09. The van der Waals surface area contributed by atoms with Gasteiger partial charge in [0.1, 0.15) is 0 Å². The van der Waals surface area contributed by atoms with Gasteiger partial charge in [0.05, 0.1) is 12.0 Å². The number of carbonyl (C=O) groups is 1. The van der Waals surface area contributed by atoms with Crippen LogP contribution in [0.5, 0.6) is 0 Å². The molecule has 0 spiro atoms. The molecule has 0 aromatic rings. The predicted octanol–water partition coefficient (Wildman–Crippen LogP) is 1.50. The van der Waals surface area contributed by atoms with Crippen LogP contribution in [0.1, 0.15) is 33.6 Å². The largest absolute Gasteiger partial charge is 0.481 e. The topological polar surface area (TPSA) is 57.5 Å². The van der Waals surface area contributed by atoms with Gasteiger partial charge in [0.2, 0.25) is 0 Å². The molecule has 0 amide bonds. The van der Waals surface area contributed by atoms with Gasteiger partial charge in [-0.15, -0.1) is 0 Å². The highest BCUT2D eigenvalue weighted by molar-refractivity contribution is 5.72. The first-order chi connectivity index (χ1) is 6.32. The van der Waals surface area contributed by atoms with Crippen molar-refractivity contribution in [3.05, 3.63) is 0 Å². The normalized spacial score (nSPS) is 49.6. The number of aliphatic hydroxyl groups is 1. The molecule has 2 N–H and O–H groups in total. The minimum atomic E-state index is -0.834. The van der Waals surface area contributed by atoms with Gasteiger partial charge in [0.25, 0.3) is 0 Å². The molecule has 3 heteroatoms. The molecule has 0 aliphatic heterocycles. The molecule has 4 atom stereocenters. The van der Waals surface area contributed by atoms with Crippen LogP contribution in [-0.2, 0) is 4.79 Å². The first-order valence-corrected chi connectivity index (χ1v) is 5.23. The van der Waals surface area contributed by atoms with E-state index in [1.54, 1.807) is 0 Å². The van der Waals surface area contributed by atoms with E-state index in [0.717, 1.165) is 12.8 Å². The van der Waals surface area contributed by atoms with Crippen molar-refractivity contribution in [1.29, 1.82) is 0 Å². The summed E-state index contributed by atoms with van der Waals surface area (Å²) in [5.74, 6) is -1.25. The maximum Gasteiger partial charge on any atom is 0.309 e. The van der Waals surface area contributed by atoms with E-state index in [1.807, 2.05) is 6.92 Å². The fourth-order valence-corrected chi connectivity index (χ4v) is 3.64. The molecule has 2 bridgehead atoms. The lowest BCUT2D eigenvalue weighted by molar-refractivity contribution is -0.149. The fourth-order valence-electron chi connectivity index (χ4n) is 3.64. The van der Waals surface area contributed by atoms with E-state index in [9.17, 15) is 9.90 Å². The van der Waals surface area contributed by atoms with Crippen LogP contribution in [0.25, 0.3) is 0 Å². The van der Waals surface area contributed by atoms with Crippen molar-refractivity contribution in [2.75, 3.05) is 0 Å². The zero-order valence-corrected chi connectivity index (χ0v) is 8.95. The molecule has 0 radical (unpaired) electrons. The van der Waals surface area contributed by atoms with Gasteiger partial charge in [-0.05, 0) is 29.6 Å². The van der Waals surface area contributed by atoms with Crippen LogP contribution in [0.4, 0.5) is 0 Å². The quantitative estimate of drug-likeness (QED) is 0.671. The summed E-state index contributed by atoms with van der Waals surface area (Å²) in [6.45, 7) is 6.22. The van der Waals surface area contributed by atoms with Crippen LogP contribution >= 0.6 is 0 Å². The number of hydrogen-bond acceptors (Lipinski definition) is 2. The minimum Gasteiger partial charge on any atom is -0.481 e. The molecular weight excluding hydrogens is 180 g/mol. The summed E-state index contributed by atoms with van der Waals surface area (Å²) in [7, 11) is 0. The Bertz CT molecular complexity index is 284. The molecule has 0 saturated heterocycles. The Morgan fingerprint density at radius 2 is 1.93 bits per heavy atom. The van der Waals surface area contributed by atoms with Gasteiger partial charge < -0.3 is 10.2 Å². The van der Waals surface area contributed by atoms with Crippen molar-refractivity contribution in [3.63, 3.8) is 0 Å². The molecule has 0 aromatic heterocycles. The van der Waals surface area contributed by atoms with E-state index in [-0.39, 0.29) is 16.7 Å². The number of fused-ring (bicyclic) bond motifs is 2. The Hall–Kier alpha value is -0.570. The van der Waals surface area contributed by atoms with Crippen molar-refractivity contribution in [3.8, 4) is 0 Å². The van der Waals surface area contributed by atoms with Crippen LogP contribution in [-0.4, -0.2) is 22.3 Å². The Kier molecular flexibility index (Phi) is 1.79. The van der Waals surface area contributed by atoms with Gasteiger partial charge in [-0.1, -0.05) is 20.8 Å². The highest BCUT2D eigenvalue weighted by Crippen LogP contribution is 2.67. The molecular formula is C11H18O3. The SMILES string of the molecule is CC1(C)[C@H]2CC[C@]1(C)[C@H](O)[C@@H]2C(=O)O. The predicted molar refractivity (Wildman–Crippen MR) is 51.7 cm³/mol. The molecule has 2 aliphatic carbocycles. The summed E-state index contributed by atoms with van der Waals surface area (Å²) in [4.78, 5) is 11.1. The summed E-state index contributed by atoms with van der Waals surface area (Å²) in [6.07, 6.45) is 1.22. The zero-order chi connectivity index (χ0) is 10.7. The Balaban J connectivity index is 2.44. The molecule has 14 heavy (non-hydrogen) atoms. The van der Waals surface area contributed by atoms with Gasteiger partial charge in [-0.2, -0.15) is 0 Å². The summed E-state index contributed by atoms with van der Waals surface area (Å²) >= 11 is 0. The summed E-state index contributed by atoms with van der Waals surface area (Å²) < 4.78 is 0. The second-order valence-electron chi connectivity index (χ2n) is 5.59. The fraction of sp³-hybridized carbons (Fsp3) is 0.909. The number of aliphatic hydroxyl groups excluding tert-OH is 1. The summed E-state index contributed by atoms with van der Waals surface area (Å²) in [6, 6.07) is 0. The molecule has 3 nitrogen and oxygen atoms in total. The van der Waals surface area contributed by atoms with Gasteiger partial charge >= 0.3 is 5.97 Å². The number of aliphatic carboxylic acids is 1. The van der Waals surface area contributed by atoms with E-state index in [0.29, 0.717) is 0 Å². The van der Waals surface area contributed by atoms with Crippen molar-refractivity contribution in [2.45, 2.75) is 39.7 Å². The van der Waals surface area contributed by atoms with E-state index in [1.165, 1.54) is 0 Å². The number of rotatable bonds is 1. The lowest BCUT2D eigenvalue weighted by Crippen LogP contribution is -2.39. The van der Waals surface area contributed by atoms with Crippen molar-refractivity contribution < 1.29 is 15.0 Å². The summed E-state index contributed by atoms with van der Waals surface area (Å²) in [5.41, 5.74) is -0.254. The Labute approximate surface area is 84.1 Å². The van der Waals surface area contributed by atoms with Gasteiger partial charge in [0, 0.05) is 0 Å². The highest BCUT2D eigenvalue weighted by Gasteiger charge is 2.67. The molecule has 0 aromatic carbocycles. The molecule has 2 fully saturated rings. The average Bonchev–Trinajstić information content (AvgIpc) is 2.35. The van der Waals surface area contributed by atoms with E-state index in [2.05, 4.69) is 13.8 Å². The average molecular weight is 198 g/mol. The maximum absolute atomic E-state index is 11.1. The maximum atomic E-state index is 11.1. The van der Waals surface area contributed by atoms with E-state index >= 15 is 0 Å².